The second-order valence-corrected chi connectivity index (χ2v) is 12.0. The highest BCUT2D eigenvalue weighted by Gasteiger charge is 2.49. The smallest absolute Gasteiger partial charge is 0.338 e. The number of aliphatic hydroxyl groups excluding tert-OH is 2. The van der Waals surface area contributed by atoms with Gasteiger partial charge in [0.25, 0.3) is 0 Å². The lowest BCUT2D eigenvalue weighted by Gasteiger charge is -2.26. The van der Waals surface area contributed by atoms with Crippen LogP contribution in [-0.4, -0.2) is 49.0 Å². The molecule has 1 unspecified atom stereocenters. The van der Waals surface area contributed by atoms with Crippen LogP contribution in [-0.2, 0) is 9.47 Å². The Morgan fingerprint density at radius 1 is 0.929 bits per heavy atom. The number of hydrogen-bond acceptors (Lipinski definition) is 7. The molecular weight excluding hydrogens is 716 g/mol. The molecule has 8 nitrogen and oxygen atoms in total. The van der Waals surface area contributed by atoms with E-state index in [9.17, 15) is 15.0 Å². The maximum atomic E-state index is 13.4. The Kier molecular flexibility index (Phi) is 8.43. The van der Waals surface area contributed by atoms with Gasteiger partial charge >= 0.3 is 5.97 Å². The van der Waals surface area contributed by atoms with Gasteiger partial charge in [-0.15, -0.1) is 0 Å². The maximum Gasteiger partial charge on any atom is 0.338 e. The van der Waals surface area contributed by atoms with E-state index in [0.29, 0.717) is 27.2 Å². The van der Waals surface area contributed by atoms with Crippen molar-refractivity contribution in [2.75, 3.05) is 0 Å². The number of benzene rings is 3. The first kappa shape index (κ1) is 29.3. The lowest BCUT2D eigenvalue weighted by atomic mass is 9.98. The lowest BCUT2D eigenvalue weighted by molar-refractivity contribution is -0.0916. The third-order valence-corrected chi connectivity index (χ3v) is 8.94. The molecule has 1 fully saturated rings. The summed E-state index contributed by atoms with van der Waals surface area (Å²) in [6, 6.07) is 21.5. The zero-order valence-corrected chi connectivity index (χ0v) is 25.9. The summed E-state index contributed by atoms with van der Waals surface area (Å²) < 4.78 is 14.5. The highest BCUT2D eigenvalue weighted by atomic mass is 127. The molecule has 6 rings (SSSR count). The van der Waals surface area contributed by atoms with Crippen molar-refractivity contribution in [3.05, 3.63) is 115 Å². The molecule has 0 spiro atoms. The van der Waals surface area contributed by atoms with Crippen LogP contribution in [0.25, 0.3) is 22.2 Å². The van der Waals surface area contributed by atoms with Crippen LogP contribution < -0.4 is 0 Å². The van der Waals surface area contributed by atoms with E-state index in [1.54, 1.807) is 35.0 Å². The van der Waals surface area contributed by atoms with Crippen molar-refractivity contribution in [1.82, 2.24) is 14.5 Å². The minimum absolute atomic E-state index is 0.226. The van der Waals surface area contributed by atoms with Crippen LogP contribution in [0.5, 0.6) is 0 Å². The van der Waals surface area contributed by atoms with Gasteiger partial charge in [-0.25, -0.2) is 14.8 Å². The second kappa shape index (κ2) is 12.1. The van der Waals surface area contributed by atoms with E-state index in [2.05, 4.69) is 32.6 Å². The van der Waals surface area contributed by atoms with Crippen molar-refractivity contribution in [2.24, 2.45) is 0 Å². The van der Waals surface area contributed by atoms with Gasteiger partial charge in [-0.2, -0.15) is 0 Å². The fraction of sp³-hybridized carbons (Fsp3) is 0.167. The summed E-state index contributed by atoms with van der Waals surface area (Å²) >= 11 is 20.8. The monoisotopic (exact) mass is 735 g/mol. The average molecular weight is 737 g/mol. The van der Waals surface area contributed by atoms with E-state index in [1.807, 2.05) is 42.5 Å². The van der Waals surface area contributed by atoms with E-state index < -0.39 is 36.6 Å². The molecule has 0 radical (unpaired) electrons. The molecule has 5 atom stereocenters. The molecule has 1 aliphatic heterocycles. The van der Waals surface area contributed by atoms with Crippen LogP contribution in [0.15, 0.2) is 85.3 Å². The van der Waals surface area contributed by atoms with Gasteiger partial charge in [0.2, 0.25) is 0 Å². The zero-order valence-electron chi connectivity index (χ0n) is 21.4. The summed E-state index contributed by atoms with van der Waals surface area (Å²) in [4.78, 5) is 21.8. The SMILES string of the molecule is O=C(OC(c1ccc(Cl)c(Cl)c1)[C@H]1O[C@@H](n2cc(I)c3c(Cl)ncnc32)[C@H](O)[C@@H]1O)c1ccc(-c2ccccc2)cc1. The summed E-state index contributed by atoms with van der Waals surface area (Å²) in [6.07, 6.45) is -3.26. The normalized spacial score (nSPS) is 21.0. The third kappa shape index (κ3) is 5.50. The number of esters is 1. The van der Waals surface area contributed by atoms with Gasteiger partial charge in [0.15, 0.2) is 12.3 Å². The van der Waals surface area contributed by atoms with E-state index in [-0.39, 0.29) is 10.2 Å². The van der Waals surface area contributed by atoms with Gasteiger partial charge in [-0.05, 0) is 63.5 Å². The van der Waals surface area contributed by atoms with E-state index in [4.69, 9.17) is 44.3 Å². The number of nitrogens with zero attached hydrogens (tertiary/aromatic N) is 3. The molecule has 0 amide bonds. The first-order valence-corrected chi connectivity index (χ1v) is 14.9. The number of fused-ring (bicyclic) bond motifs is 1. The van der Waals surface area contributed by atoms with Crippen molar-refractivity contribution in [3.63, 3.8) is 0 Å². The molecule has 214 valence electrons. The number of aliphatic hydroxyl groups is 2. The van der Waals surface area contributed by atoms with Crippen LogP contribution >= 0.6 is 57.4 Å². The minimum Gasteiger partial charge on any atom is -0.451 e. The van der Waals surface area contributed by atoms with Gasteiger partial charge < -0.3 is 24.3 Å². The van der Waals surface area contributed by atoms with Crippen LogP contribution in [0.1, 0.15) is 28.3 Å². The highest BCUT2D eigenvalue weighted by molar-refractivity contribution is 14.1. The van der Waals surface area contributed by atoms with Gasteiger partial charge in [0.1, 0.15) is 35.4 Å². The molecule has 12 heteroatoms. The van der Waals surface area contributed by atoms with Crippen molar-refractivity contribution < 1.29 is 24.5 Å². The number of halogens is 4. The quantitative estimate of drug-likeness (QED) is 0.111. The lowest BCUT2D eigenvalue weighted by Crippen LogP contribution is -2.36. The van der Waals surface area contributed by atoms with Crippen molar-refractivity contribution in [3.8, 4) is 11.1 Å². The maximum absolute atomic E-state index is 13.4. The molecule has 1 saturated heterocycles. The van der Waals surface area contributed by atoms with Gasteiger partial charge in [0, 0.05) is 9.77 Å². The van der Waals surface area contributed by atoms with Crippen LogP contribution in [0.4, 0.5) is 0 Å². The Labute approximate surface area is 268 Å². The Balaban J connectivity index is 1.33. The Hall–Kier alpha value is -2.77. The third-order valence-electron chi connectivity index (χ3n) is 7.10. The van der Waals surface area contributed by atoms with Crippen molar-refractivity contribution >= 4 is 74.4 Å². The van der Waals surface area contributed by atoms with Crippen LogP contribution in [0.3, 0.4) is 0 Å². The molecule has 2 aromatic heterocycles. The van der Waals surface area contributed by atoms with E-state index in [0.717, 1.165) is 14.7 Å². The molecule has 42 heavy (non-hydrogen) atoms. The number of aromatic nitrogens is 3. The van der Waals surface area contributed by atoms with Crippen LogP contribution in [0, 0.1) is 3.57 Å². The number of carbonyl (C=O) groups is 1. The molecule has 2 N–H and O–H groups in total. The average Bonchev–Trinajstić information content (AvgIpc) is 3.49. The standard InChI is InChI=1S/C30H21Cl3IN3O5/c31-19-11-10-18(12-20(19)32)25(42-30(40)17-8-6-16(7-9-17)15-4-2-1-3-5-15)26-23(38)24(39)29(41-26)37-13-21(34)22-27(33)35-14-36-28(22)37/h1-14,23-26,29,38-39H/t23-,24+,25?,26-,29+/m0/s1. The molecule has 1 aliphatic rings. The Morgan fingerprint density at radius 3 is 2.36 bits per heavy atom. The first-order valence-electron chi connectivity index (χ1n) is 12.7. The molecule has 0 saturated carbocycles. The van der Waals surface area contributed by atoms with Gasteiger partial charge in [-0.1, -0.05) is 83.3 Å². The molecular formula is C30H21Cl3IN3O5. The Morgan fingerprint density at radius 2 is 1.64 bits per heavy atom. The summed E-state index contributed by atoms with van der Waals surface area (Å²) in [7, 11) is 0. The fourth-order valence-corrected chi connectivity index (χ4v) is 6.48. The summed E-state index contributed by atoms with van der Waals surface area (Å²) in [5, 5.41) is 23.7. The topological polar surface area (TPSA) is 107 Å². The van der Waals surface area contributed by atoms with E-state index in [1.165, 1.54) is 12.4 Å². The van der Waals surface area contributed by atoms with Crippen molar-refractivity contribution in [2.45, 2.75) is 30.6 Å². The largest absolute Gasteiger partial charge is 0.451 e. The fourth-order valence-electron chi connectivity index (χ4n) is 4.99. The van der Waals surface area contributed by atoms with Gasteiger partial charge in [0.05, 0.1) is 21.0 Å². The second-order valence-electron chi connectivity index (χ2n) is 9.66. The first-order chi connectivity index (χ1) is 20.2. The molecule has 5 aromatic rings. The zero-order chi connectivity index (χ0) is 29.5. The number of hydrogen-bond donors (Lipinski definition) is 2. The highest BCUT2D eigenvalue weighted by Crippen LogP contribution is 2.41. The minimum atomic E-state index is -1.45. The summed E-state index contributed by atoms with van der Waals surface area (Å²) in [5.74, 6) is -0.653. The molecule has 3 heterocycles. The predicted octanol–water partition coefficient (Wildman–Crippen LogP) is 6.88. The van der Waals surface area contributed by atoms with Crippen molar-refractivity contribution in [1.29, 1.82) is 0 Å². The van der Waals surface area contributed by atoms with E-state index >= 15 is 0 Å². The van der Waals surface area contributed by atoms with Gasteiger partial charge in [-0.3, -0.25) is 0 Å². The Bertz CT molecular complexity index is 1770. The summed E-state index contributed by atoms with van der Waals surface area (Å²) in [5.41, 5.74) is 3.07. The number of ether oxygens (including phenoxy) is 2. The number of rotatable bonds is 6. The number of carbonyl (C=O) groups excluding carboxylic acids is 1. The molecule has 0 aliphatic carbocycles. The molecule has 3 aromatic carbocycles. The summed E-state index contributed by atoms with van der Waals surface area (Å²) in [6.45, 7) is 0. The molecule has 0 bridgehead atoms. The van der Waals surface area contributed by atoms with Crippen LogP contribution in [0.2, 0.25) is 15.2 Å². The predicted molar refractivity (Wildman–Crippen MR) is 168 cm³/mol.